The molecule has 0 fully saturated rings. The molecule has 0 heterocycles. The molecule has 3 N–H and O–H groups in total. The van der Waals surface area contributed by atoms with Gasteiger partial charge in [-0.3, -0.25) is 4.79 Å². The molecule has 2 aromatic carbocycles. The summed E-state index contributed by atoms with van der Waals surface area (Å²) in [4.78, 5) is 14.8. The lowest BCUT2D eigenvalue weighted by Gasteiger charge is -2.24. The predicted molar refractivity (Wildman–Crippen MR) is 100.0 cm³/mol. The summed E-state index contributed by atoms with van der Waals surface area (Å²) in [6.07, 6.45) is 0. The van der Waals surface area contributed by atoms with Crippen LogP contribution in [0.2, 0.25) is 0 Å². The Morgan fingerprint density at radius 1 is 1.12 bits per heavy atom. The Hall–Kier alpha value is -2.69. The van der Waals surface area contributed by atoms with Crippen molar-refractivity contribution in [2.45, 2.75) is 20.8 Å². The highest BCUT2D eigenvalue weighted by atomic mass is 16.5. The van der Waals surface area contributed by atoms with Crippen molar-refractivity contribution in [3.63, 3.8) is 0 Å². The number of nitrogens with zero attached hydrogens (tertiary/aromatic N) is 1. The molecule has 24 heavy (non-hydrogen) atoms. The number of nitrogens with one attached hydrogen (secondary N) is 1. The van der Waals surface area contributed by atoms with Crippen molar-refractivity contribution >= 4 is 23.0 Å². The molecule has 128 valence electrons. The molecule has 0 bridgehead atoms. The maximum atomic E-state index is 12.6. The second-order valence-corrected chi connectivity index (χ2v) is 5.36. The van der Waals surface area contributed by atoms with E-state index in [1.54, 1.807) is 18.2 Å². The van der Waals surface area contributed by atoms with Crippen LogP contribution in [0, 0.1) is 0 Å². The van der Waals surface area contributed by atoms with Crippen molar-refractivity contribution in [1.82, 2.24) is 0 Å². The Morgan fingerprint density at radius 2 is 1.88 bits per heavy atom. The molecule has 0 saturated carbocycles. The fourth-order valence-corrected chi connectivity index (χ4v) is 2.58. The van der Waals surface area contributed by atoms with Gasteiger partial charge in [0.05, 0.1) is 18.0 Å². The van der Waals surface area contributed by atoms with Gasteiger partial charge in [0.2, 0.25) is 0 Å². The summed E-state index contributed by atoms with van der Waals surface area (Å²) in [5.41, 5.74) is 8.74. The van der Waals surface area contributed by atoms with Crippen molar-refractivity contribution < 1.29 is 9.53 Å². The van der Waals surface area contributed by atoms with Crippen LogP contribution in [-0.2, 0) is 0 Å². The predicted octanol–water partition coefficient (Wildman–Crippen LogP) is 3.77. The fraction of sp³-hybridized carbons (Fsp3) is 0.316. The van der Waals surface area contributed by atoms with Gasteiger partial charge < -0.3 is 20.7 Å². The third kappa shape index (κ3) is 4.19. The number of nitrogens with two attached hydrogens (primary N) is 1. The Kier molecular flexibility index (Phi) is 6.07. The summed E-state index contributed by atoms with van der Waals surface area (Å²) in [5.74, 6) is 0.497. The van der Waals surface area contributed by atoms with Crippen molar-refractivity contribution in [1.29, 1.82) is 0 Å². The lowest BCUT2D eigenvalue weighted by molar-refractivity contribution is 0.102. The summed E-state index contributed by atoms with van der Waals surface area (Å²) in [6, 6.07) is 12.7. The van der Waals surface area contributed by atoms with Crippen LogP contribution in [0.3, 0.4) is 0 Å². The Morgan fingerprint density at radius 3 is 2.54 bits per heavy atom. The molecule has 0 saturated heterocycles. The number of rotatable bonds is 7. The zero-order valence-electron chi connectivity index (χ0n) is 14.5. The molecule has 0 aromatic heterocycles. The van der Waals surface area contributed by atoms with E-state index in [-0.39, 0.29) is 5.91 Å². The number of nitrogen functional groups attached to an aromatic ring is 1. The van der Waals surface area contributed by atoms with Crippen molar-refractivity contribution in [3.05, 3.63) is 48.0 Å². The molecular weight excluding hydrogens is 302 g/mol. The van der Waals surface area contributed by atoms with Gasteiger partial charge in [-0.1, -0.05) is 6.07 Å². The van der Waals surface area contributed by atoms with Crippen LogP contribution >= 0.6 is 0 Å². The minimum Gasteiger partial charge on any atom is -0.494 e. The van der Waals surface area contributed by atoms with Gasteiger partial charge in [-0.15, -0.1) is 0 Å². The largest absolute Gasteiger partial charge is 0.494 e. The molecule has 2 rings (SSSR count). The van der Waals surface area contributed by atoms with E-state index in [4.69, 9.17) is 10.5 Å². The van der Waals surface area contributed by atoms with Gasteiger partial charge in [-0.25, -0.2) is 0 Å². The molecule has 0 aliphatic rings. The number of carbonyl (C=O) groups excluding carboxylic acids is 1. The zero-order chi connectivity index (χ0) is 17.5. The normalized spacial score (nSPS) is 10.3. The maximum Gasteiger partial charge on any atom is 0.255 e. The van der Waals surface area contributed by atoms with Gasteiger partial charge in [0.15, 0.2) is 0 Å². The second-order valence-electron chi connectivity index (χ2n) is 5.36. The average molecular weight is 327 g/mol. The Bertz CT molecular complexity index is 697. The van der Waals surface area contributed by atoms with Crippen molar-refractivity contribution in [2.24, 2.45) is 0 Å². The lowest BCUT2D eigenvalue weighted by atomic mass is 10.1. The van der Waals surface area contributed by atoms with E-state index < -0.39 is 0 Å². The third-order valence-electron chi connectivity index (χ3n) is 3.78. The first-order chi connectivity index (χ1) is 11.6. The summed E-state index contributed by atoms with van der Waals surface area (Å²) in [5, 5.41) is 2.97. The minimum atomic E-state index is -0.185. The highest BCUT2D eigenvalue weighted by Crippen LogP contribution is 2.29. The zero-order valence-corrected chi connectivity index (χ0v) is 14.5. The molecule has 2 aromatic rings. The molecule has 0 unspecified atom stereocenters. The number of anilines is 3. The number of hydrogen-bond acceptors (Lipinski definition) is 4. The van der Waals surface area contributed by atoms with Crippen LogP contribution in [-0.4, -0.2) is 25.6 Å². The van der Waals surface area contributed by atoms with Gasteiger partial charge >= 0.3 is 0 Å². The Balaban J connectivity index is 2.28. The van der Waals surface area contributed by atoms with E-state index in [1.807, 2.05) is 31.2 Å². The smallest absolute Gasteiger partial charge is 0.255 e. The molecule has 0 aliphatic heterocycles. The van der Waals surface area contributed by atoms with E-state index in [0.717, 1.165) is 18.8 Å². The van der Waals surface area contributed by atoms with Crippen LogP contribution in [0.1, 0.15) is 31.1 Å². The maximum absolute atomic E-state index is 12.6. The van der Waals surface area contributed by atoms with Gasteiger partial charge in [-0.2, -0.15) is 0 Å². The fourth-order valence-electron chi connectivity index (χ4n) is 2.58. The monoisotopic (exact) mass is 327 g/mol. The summed E-state index contributed by atoms with van der Waals surface area (Å²) < 4.78 is 5.45. The molecular formula is C19H25N3O2. The van der Waals surface area contributed by atoms with E-state index in [9.17, 15) is 4.79 Å². The topological polar surface area (TPSA) is 67.6 Å². The summed E-state index contributed by atoms with van der Waals surface area (Å²) in [7, 11) is 0. The number of carbonyl (C=O) groups is 1. The molecule has 5 nitrogen and oxygen atoms in total. The lowest BCUT2D eigenvalue weighted by Crippen LogP contribution is -2.24. The van der Waals surface area contributed by atoms with Gasteiger partial charge in [0.25, 0.3) is 5.91 Å². The van der Waals surface area contributed by atoms with Crippen LogP contribution in [0.15, 0.2) is 42.5 Å². The first-order valence-corrected chi connectivity index (χ1v) is 8.27. The van der Waals surface area contributed by atoms with E-state index >= 15 is 0 Å². The third-order valence-corrected chi connectivity index (χ3v) is 3.78. The Labute approximate surface area is 143 Å². The van der Waals surface area contributed by atoms with Crippen LogP contribution in [0.4, 0.5) is 17.1 Å². The second kappa shape index (κ2) is 8.24. The van der Waals surface area contributed by atoms with Gasteiger partial charge in [0, 0.05) is 24.3 Å². The SMILES string of the molecule is CCOc1cccc(C(=O)Nc2cc(N)ccc2N(CC)CC)c1. The molecule has 1 amide bonds. The number of benzene rings is 2. The number of amides is 1. The number of ether oxygens (including phenoxy) is 1. The standard InChI is InChI=1S/C19H25N3O2/c1-4-22(5-2)18-11-10-15(20)13-17(18)21-19(23)14-8-7-9-16(12-14)24-6-3/h7-13H,4-6,20H2,1-3H3,(H,21,23). The first-order valence-electron chi connectivity index (χ1n) is 8.27. The van der Waals surface area contributed by atoms with E-state index in [1.165, 1.54) is 0 Å². The van der Waals surface area contributed by atoms with E-state index in [0.29, 0.717) is 29.3 Å². The van der Waals surface area contributed by atoms with Crippen molar-refractivity contribution in [2.75, 3.05) is 35.6 Å². The highest BCUT2D eigenvalue weighted by molar-refractivity contribution is 6.06. The van der Waals surface area contributed by atoms with Gasteiger partial charge in [-0.05, 0) is 57.2 Å². The quantitative estimate of drug-likeness (QED) is 0.760. The first kappa shape index (κ1) is 17.7. The molecule has 0 radical (unpaired) electrons. The number of hydrogen-bond donors (Lipinski definition) is 2. The minimum absolute atomic E-state index is 0.185. The van der Waals surface area contributed by atoms with Crippen LogP contribution in [0.5, 0.6) is 5.75 Å². The van der Waals surface area contributed by atoms with Crippen LogP contribution in [0.25, 0.3) is 0 Å². The molecule has 0 spiro atoms. The van der Waals surface area contributed by atoms with Gasteiger partial charge in [0.1, 0.15) is 5.75 Å². The molecule has 0 atom stereocenters. The molecule has 5 heteroatoms. The molecule has 0 aliphatic carbocycles. The average Bonchev–Trinajstić information content (AvgIpc) is 2.58. The summed E-state index contributed by atoms with van der Waals surface area (Å²) in [6.45, 7) is 8.34. The van der Waals surface area contributed by atoms with Crippen molar-refractivity contribution in [3.8, 4) is 5.75 Å². The highest BCUT2D eigenvalue weighted by Gasteiger charge is 2.13. The van der Waals surface area contributed by atoms with Crippen LogP contribution < -0.4 is 20.7 Å². The summed E-state index contributed by atoms with van der Waals surface area (Å²) >= 11 is 0. The van der Waals surface area contributed by atoms with E-state index in [2.05, 4.69) is 24.1 Å².